The van der Waals surface area contributed by atoms with Crippen LogP contribution in [0.3, 0.4) is 0 Å². The summed E-state index contributed by atoms with van der Waals surface area (Å²) in [6.45, 7) is 9.70. The number of hydrogen-bond donors (Lipinski definition) is 0. The van der Waals surface area contributed by atoms with E-state index in [2.05, 4.69) is 33.3 Å². The van der Waals surface area contributed by atoms with E-state index in [0.717, 1.165) is 92.8 Å². The molecule has 0 bridgehead atoms. The van der Waals surface area contributed by atoms with Crippen molar-refractivity contribution in [1.82, 2.24) is 15.2 Å². The van der Waals surface area contributed by atoms with Gasteiger partial charge in [-0.15, -0.1) is 10.0 Å². The zero-order valence-electron chi connectivity index (χ0n) is 27.9. The number of piperidine rings is 1. The molecule has 1 aliphatic carbocycles. The molecule has 7 rings (SSSR count). The topological polar surface area (TPSA) is 120 Å². The van der Waals surface area contributed by atoms with Crippen LogP contribution in [-0.4, -0.2) is 54.0 Å². The molecule has 1 atom stereocenters. The number of aryl methyl sites for hydroxylation is 1. The molecule has 0 saturated carbocycles. The summed E-state index contributed by atoms with van der Waals surface area (Å²) in [6, 6.07) is 2.00. The molecule has 252 valence electrons. The maximum absolute atomic E-state index is 15.6. The van der Waals surface area contributed by atoms with E-state index in [0.29, 0.717) is 59.7 Å². The Labute approximate surface area is 279 Å². The highest BCUT2D eigenvalue weighted by Crippen LogP contribution is 2.46. The van der Waals surface area contributed by atoms with Crippen molar-refractivity contribution in [3.05, 3.63) is 68.0 Å². The predicted octanol–water partition coefficient (Wildman–Crippen LogP) is 7.44. The second-order valence-corrected chi connectivity index (χ2v) is 13.6. The summed E-state index contributed by atoms with van der Waals surface area (Å²) in [5, 5.41) is 11.6. The minimum absolute atomic E-state index is 0.0210. The molecular formula is C37H42FN5O5. The Morgan fingerprint density at radius 1 is 1.12 bits per heavy atom. The first-order chi connectivity index (χ1) is 23.3. The SMILES string of the molecule is Cc1nc2c(c(-c3cc(F)c4c(c3C)CCCO4)c1CC(=O)N=O)C=C(c1nnc(N3CCC(CC4=CCCOCC4)CC3)o1)CC2C. The van der Waals surface area contributed by atoms with Crippen molar-refractivity contribution in [1.29, 1.82) is 0 Å². The van der Waals surface area contributed by atoms with Gasteiger partial charge in [-0.3, -0.25) is 9.78 Å². The predicted molar refractivity (Wildman–Crippen MR) is 180 cm³/mol. The van der Waals surface area contributed by atoms with Crippen LogP contribution in [-0.2, 0) is 22.4 Å². The largest absolute Gasteiger partial charge is 0.490 e. The lowest BCUT2D eigenvalue weighted by atomic mass is 9.80. The average Bonchev–Trinajstić information content (AvgIpc) is 3.45. The maximum atomic E-state index is 15.6. The van der Waals surface area contributed by atoms with Crippen LogP contribution in [0.1, 0.15) is 97.3 Å². The first-order valence-electron chi connectivity index (χ1n) is 17.2. The van der Waals surface area contributed by atoms with Crippen LogP contribution in [0.25, 0.3) is 22.8 Å². The Kier molecular flexibility index (Phi) is 9.22. The van der Waals surface area contributed by atoms with Crippen LogP contribution in [0.15, 0.2) is 27.3 Å². The number of carbonyl (C=O) groups excluding carboxylic acids is 1. The second kappa shape index (κ2) is 13.7. The molecule has 1 unspecified atom stereocenters. The van der Waals surface area contributed by atoms with Gasteiger partial charge in [0.05, 0.1) is 31.9 Å². The number of rotatable bonds is 7. The molecule has 3 aliphatic heterocycles. The molecule has 11 heteroatoms. The van der Waals surface area contributed by atoms with Crippen molar-refractivity contribution in [3.8, 4) is 16.9 Å². The van der Waals surface area contributed by atoms with E-state index in [1.54, 1.807) is 0 Å². The molecule has 0 N–H and O–H groups in total. The Morgan fingerprint density at radius 2 is 1.96 bits per heavy atom. The number of benzene rings is 1. The Balaban J connectivity index is 1.22. The quantitative estimate of drug-likeness (QED) is 0.189. The van der Waals surface area contributed by atoms with Gasteiger partial charge in [-0.25, -0.2) is 4.39 Å². The monoisotopic (exact) mass is 655 g/mol. The lowest BCUT2D eigenvalue weighted by Gasteiger charge is -2.31. The molecule has 4 aliphatic rings. The van der Waals surface area contributed by atoms with Gasteiger partial charge in [-0.2, -0.15) is 0 Å². The number of ether oxygens (including phenoxy) is 2. The highest BCUT2D eigenvalue weighted by atomic mass is 19.1. The first-order valence-corrected chi connectivity index (χ1v) is 17.2. The smallest absolute Gasteiger partial charge is 0.318 e. The third kappa shape index (κ3) is 6.32. The fourth-order valence-electron chi connectivity index (χ4n) is 7.85. The molecule has 1 fully saturated rings. The highest BCUT2D eigenvalue weighted by molar-refractivity contribution is 5.93. The van der Waals surface area contributed by atoms with Gasteiger partial charge in [-0.05, 0) is 106 Å². The van der Waals surface area contributed by atoms with E-state index in [1.165, 1.54) is 11.6 Å². The van der Waals surface area contributed by atoms with Crippen molar-refractivity contribution >= 4 is 23.6 Å². The number of aromatic nitrogens is 3. The molecule has 1 saturated heterocycles. The summed E-state index contributed by atoms with van der Waals surface area (Å²) in [6.07, 6.45) is 11.5. The van der Waals surface area contributed by atoms with Gasteiger partial charge in [0.1, 0.15) is 0 Å². The lowest BCUT2D eigenvalue weighted by Crippen LogP contribution is -2.34. The number of allylic oxidation sites excluding steroid dienone is 1. The van der Waals surface area contributed by atoms with Crippen molar-refractivity contribution in [3.63, 3.8) is 0 Å². The van der Waals surface area contributed by atoms with Crippen molar-refractivity contribution in [2.45, 2.75) is 84.5 Å². The van der Waals surface area contributed by atoms with Crippen LogP contribution in [0, 0.1) is 30.5 Å². The van der Waals surface area contributed by atoms with Crippen LogP contribution in [0.5, 0.6) is 5.75 Å². The maximum Gasteiger partial charge on any atom is 0.318 e. The number of anilines is 1. The molecule has 0 radical (unpaired) electrons. The molecule has 3 aromatic rings. The summed E-state index contributed by atoms with van der Waals surface area (Å²) < 4.78 is 33.3. The summed E-state index contributed by atoms with van der Waals surface area (Å²) in [5.41, 5.74) is 8.19. The second-order valence-electron chi connectivity index (χ2n) is 13.6. The van der Waals surface area contributed by atoms with Crippen molar-refractivity contribution in [2.24, 2.45) is 11.1 Å². The number of fused-ring (bicyclic) bond motifs is 2. The van der Waals surface area contributed by atoms with E-state index in [4.69, 9.17) is 18.9 Å². The van der Waals surface area contributed by atoms with Crippen LogP contribution < -0.4 is 9.64 Å². The van der Waals surface area contributed by atoms with Gasteiger partial charge >= 0.3 is 6.01 Å². The van der Waals surface area contributed by atoms with E-state index in [1.807, 2.05) is 19.9 Å². The van der Waals surface area contributed by atoms with Crippen molar-refractivity contribution in [2.75, 3.05) is 37.8 Å². The molecule has 1 amide bonds. The number of halogens is 1. The Hall–Kier alpha value is -4.25. The molecule has 10 nitrogen and oxygen atoms in total. The number of amides is 1. The standard InChI is InChI=1S/C37H42FN5O5/c1-21-16-26(36-40-41-37(48-36)43-11-8-25(9-12-43)17-24-6-4-13-46-15-10-24)18-30-33(29(20-32(44)42-45)23(3)39-34(21)30)28-19-31(38)35-27(22(28)2)7-5-14-47-35/h6,18-19,21,25H,4-5,7-17,20H2,1-3H3. The van der Waals surface area contributed by atoms with E-state index >= 15 is 4.39 Å². The Morgan fingerprint density at radius 3 is 2.77 bits per heavy atom. The number of hydrogen-bond acceptors (Lipinski definition) is 9. The van der Waals surface area contributed by atoms with Crippen LogP contribution in [0.4, 0.5) is 10.4 Å². The van der Waals surface area contributed by atoms with E-state index < -0.39 is 11.7 Å². The van der Waals surface area contributed by atoms with E-state index in [-0.39, 0.29) is 18.1 Å². The summed E-state index contributed by atoms with van der Waals surface area (Å²) >= 11 is 0. The van der Waals surface area contributed by atoms with Crippen molar-refractivity contribution < 1.29 is 23.1 Å². The fraction of sp³-hybridized carbons (Fsp3) is 0.514. The van der Waals surface area contributed by atoms with Gasteiger partial charge in [0, 0.05) is 46.6 Å². The Bertz CT molecular complexity index is 1810. The van der Waals surface area contributed by atoms with Gasteiger partial charge in [0.25, 0.3) is 5.91 Å². The lowest BCUT2D eigenvalue weighted by molar-refractivity contribution is -0.117. The minimum Gasteiger partial charge on any atom is -0.490 e. The molecule has 0 spiro atoms. The third-order valence-corrected chi connectivity index (χ3v) is 10.4. The molecular weight excluding hydrogens is 613 g/mol. The number of nitroso groups, excluding NO2 is 1. The van der Waals surface area contributed by atoms with Gasteiger partial charge < -0.3 is 18.8 Å². The van der Waals surface area contributed by atoms with Crippen LogP contribution >= 0.6 is 0 Å². The highest BCUT2D eigenvalue weighted by Gasteiger charge is 2.32. The summed E-state index contributed by atoms with van der Waals surface area (Å²) in [4.78, 5) is 30.8. The fourth-order valence-corrected chi connectivity index (χ4v) is 7.85. The normalized spacial score (nSPS) is 19.8. The van der Waals surface area contributed by atoms with E-state index in [9.17, 15) is 9.70 Å². The molecule has 48 heavy (non-hydrogen) atoms. The van der Waals surface area contributed by atoms with Gasteiger partial charge in [0.15, 0.2) is 11.6 Å². The number of nitrogens with zero attached hydrogens (tertiary/aromatic N) is 5. The summed E-state index contributed by atoms with van der Waals surface area (Å²) in [7, 11) is 0. The molecule has 5 heterocycles. The molecule has 2 aromatic heterocycles. The van der Waals surface area contributed by atoms with Crippen LogP contribution in [0.2, 0.25) is 0 Å². The first kappa shape index (κ1) is 32.3. The third-order valence-electron chi connectivity index (χ3n) is 10.4. The minimum atomic E-state index is -0.807. The van der Waals surface area contributed by atoms with Gasteiger partial charge in [-0.1, -0.05) is 23.7 Å². The number of pyridine rings is 1. The number of carbonyl (C=O) groups is 1. The average molecular weight is 656 g/mol. The zero-order valence-corrected chi connectivity index (χ0v) is 27.9. The van der Waals surface area contributed by atoms with Gasteiger partial charge in [0.2, 0.25) is 5.89 Å². The molecule has 1 aromatic carbocycles. The zero-order chi connectivity index (χ0) is 33.4. The summed E-state index contributed by atoms with van der Waals surface area (Å²) in [5.74, 6) is 0.0923.